The van der Waals surface area contributed by atoms with Crippen LogP contribution in [-0.2, 0) is 32.2 Å². The molecule has 1 rings (SSSR count). The van der Waals surface area contributed by atoms with Gasteiger partial charge in [0, 0.05) is 12.1 Å². The maximum atomic E-state index is 8.63. The molecule has 0 aromatic heterocycles. The quantitative estimate of drug-likeness (QED) is 0.440. The summed E-state index contributed by atoms with van der Waals surface area (Å²) in [5.41, 5.74) is 0.172. The van der Waals surface area contributed by atoms with E-state index in [-0.39, 0.29) is 18.3 Å². The van der Waals surface area contributed by atoms with Gasteiger partial charge in [-0.25, -0.2) is 0 Å². The summed E-state index contributed by atoms with van der Waals surface area (Å²) in [7, 11) is -2.71. The lowest BCUT2D eigenvalue weighted by atomic mass is 10.4. The van der Waals surface area contributed by atoms with E-state index in [1.165, 1.54) is 0 Å². The Balaban J connectivity index is 2.38. The molecule has 1 fully saturated rings. The summed E-state index contributed by atoms with van der Waals surface area (Å²) in [6.45, 7) is 10.4. The second kappa shape index (κ2) is 14.0. The largest absolute Gasteiger partial charge is 0.503 e. The predicted molar refractivity (Wildman–Crippen MR) is 93.7 cm³/mol. The fourth-order valence-corrected chi connectivity index (χ4v) is 4.71. The highest BCUT2D eigenvalue weighted by Gasteiger charge is 2.45. The summed E-state index contributed by atoms with van der Waals surface area (Å²) in [6, 6.07) is 0. The molecular weight excluding hydrogens is 348 g/mol. The van der Waals surface area contributed by atoms with Crippen molar-refractivity contribution in [3.8, 4) is 0 Å². The molecule has 0 amide bonds. The number of rotatable bonds is 10. The normalized spacial score (nSPS) is 26.5. The molecule has 1 N–H and O–H groups in total. The Morgan fingerprint density at radius 3 is 2.44 bits per heavy atom. The zero-order valence-electron chi connectivity index (χ0n) is 15.7. The Kier molecular flexibility index (Phi) is 12.9. The molecule has 2 unspecified atom stereocenters. The number of hydrogen-bond donors (Lipinski definition) is 1. The molecule has 1 aliphatic rings. The third-order valence-corrected chi connectivity index (χ3v) is 6.86. The number of aliphatic hydroxyl groups excluding tert-OH is 1. The van der Waals surface area contributed by atoms with Gasteiger partial charge in [0.15, 0.2) is 0 Å². The van der Waals surface area contributed by atoms with E-state index < -0.39 is 8.80 Å². The van der Waals surface area contributed by atoms with Crippen molar-refractivity contribution >= 4 is 8.80 Å². The minimum Gasteiger partial charge on any atom is -0.394 e. The average Bonchev–Trinajstić information content (AvgIpc) is 2.63. The molecule has 150 valence electrons. The first-order valence-corrected chi connectivity index (χ1v) is 10.8. The number of hydrogen-bond acceptors (Lipinski definition) is 8. The summed E-state index contributed by atoms with van der Waals surface area (Å²) < 4.78 is 40.0. The lowest BCUT2D eigenvalue weighted by molar-refractivity contribution is -0.0719. The van der Waals surface area contributed by atoms with Crippen LogP contribution in [0.3, 0.4) is 0 Å². The Bertz CT molecular complexity index is 321. The topological polar surface area (TPSA) is 84.8 Å². The van der Waals surface area contributed by atoms with Crippen molar-refractivity contribution in [2.45, 2.75) is 32.4 Å². The summed E-state index contributed by atoms with van der Waals surface area (Å²) >= 11 is 0. The Hall–Kier alpha value is -0.103. The predicted octanol–water partition coefficient (Wildman–Crippen LogP) is 0.846. The minimum absolute atomic E-state index is 0.0184. The van der Waals surface area contributed by atoms with E-state index >= 15 is 0 Å². The highest BCUT2D eigenvalue weighted by Crippen LogP contribution is 2.25. The van der Waals surface area contributed by atoms with Gasteiger partial charge in [0.25, 0.3) is 0 Å². The molecule has 0 bridgehead atoms. The summed E-state index contributed by atoms with van der Waals surface area (Å²) in [5, 5.41) is 8.63. The lowest BCUT2D eigenvalue weighted by Crippen LogP contribution is -2.50. The van der Waals surface area contributed by atoms with E-state index in [1.807, 2.05) is 6.92 Å². The zero-order chi connectivity index (χ0) is 18.4. The van der Waals surface area contributed by atoms with Crippen LogP contribution < -0.4 is 0 Å². The van der Waals surface area contributed by atoms with E-state index in [0.717, 1.165) is 0 Å². The van der Waals surface area contributed by atoms with E-state index in [9.17, 15) is 0 Å². The van der Waals surface area contributed by atoms with Crippen molar-refractivity contribution in [3.63, 3.8) is 0 Å². The molecule has 25 heavy (non-hydrogen) atoms. The molecule has 0 radical (unpaired) electrons. The molecular formula is C16H34O8Si. The van der Waals surface area contributed by atoms with Crippen LogP contribution in [0.2, 0.25) is 5.54 Å². The molecule has 1 saturated heterocycles. The second-order valence-corrected chi connectivity index (χ2v) is 9.09. The maximum absolute atomic E-state index is 8.63. The lowest BCUT2D eigenvalue weighted by Gasteiger charge is -2.32. The van der Waals surface area contributed by atoms with Crippen LogP contribution in [0.4, 0.5) is 0 Å². The van der Waals surface area contributed by atoms with Gasteiger partial charge < -0.3 is 37.3 Å². The SMILES string of the molecule is CCO[Si]1(C(C)C)OCCOCC(COCCOCCO)OCCO1. The molecule has 0 aromatic carbocycles. The highest BCUT2D eigenvalue weighted by atomic mass is 28.4. The molecule has 9 heteroatoms. The van der Waals surface area contributed by atoms with Crippen LogP contribution in [0.1, 0.15) is 20.8 Å². The fourth-order valence-electron chi connectivity index (χ4n) is 2.33. The summed E-state index contributed by atoms with van der Waals surface area (Å²) in [6.07, 6.45) is -0.165. The minimum atomic E-state index is -2.71. The Morgan fingerprint density at radius 2 is 1.76 bits per heavy atom. The first-order valence-electron chi connectivity index (χ1n) is 9.02. The van der Waals surface area contributed by atoms with Crippen molar-refractivity contribution in [3.05, 3.63) is 0 Å². The Labute approximate surface area is 152 Å². The monoisotopic (exact) mass is 382 g/mol. The molecule has 1 heterocycles. The average molecular weight is 383 g/mol. The van der Waals surface area contributed by atoms with Crippen LogP contribution in [0.25, 0.3) is 0 Å². The van der Waals surface area contributed by atoms with Gasteiger partial charge >= 0.3 is 8.80 Å². The van der Waals surface area contributed by atoms with Crippen molar-refractivity contribution in [1.29, 1.82) is 0 Å². The molecule has 8 nitrogen and oxygen atoms in total. The Morgan fingerprint density at radius 1 is 1.04 bits per heavy atom. The van der Waals surface area contributed by atoms with Gasteiger partial charge in [0.1, 0.15) is 6.10 Å². The number of ether oxygens (including phenoxy) is 4. The van der Waals surface area contributed by atoms with Crippen LogP contribution in [0.15, 0.2) is 0 Å². The van der Waals surface area contributed by atoms with Gasteiger partial charge in [-0.05, 0) is 6.92 Å². The first kappa shape index (κ1) is 22.9. The van der Waals surface area contributed by atoms with E-state index in [4.69, 9.17) is 37.3 Å². The third kappa shape index (κ3) is 9.41. The molecule has 0 aliphatic carbocycles. The van der Waals surface area contributed by atoms with Crippen molar-refractivity contribution in [2.75, 3.05) is 72.7 Å². The molecule has 0 spiro atoms. The van der Waals surface area contributed by atoms with Crippen LogP contribution in [0.5, 0.6) is 0 Å². The van der Waals surface area contributed by atoms with Crippen molar-refractivity contribution < 1.29 is 37.3 Å². The van der Waals surface area contributed by atoms with Crippen molar-refractivity contribution in [1.82, 2.24) is 0 Å². The maximum Gasteiger partial charge on any atom is 0.503 e. The number of aliphatic hydroxyl groups is 1. The van der Waals surface area contributed by atoms with Crippen molar-refractivity contribution in [2.24, 2.45) is 0 Å². The van der Waals surface area contributed by atoms with Gasteiger partial charge in [-0.2, -0.15) is 0 Å². The van der Waals surface area contributed by atoms with Crippen LogP contribution in [-0.4, -0.2) is 92.7 Å². The third-order valence-electron chi connectivity index (χ3n) is 3.54. The van der Waals surface area contributed by atoms with Gasteiger partial charge in [0.05, 0.1) is 66.1 Å². The summed E-state index contributed by atoms with van der Waals surface area (Å²) in [5.74, 6) is 0. The van der Waals surface area contributed by atoms with Gasteiger partial charge in [-0.15, -0.1) is 0 Å². The molecule has 1 aliphatic heterocycles. The van der Waals surface area contributed by atoms with E-state index in [0.29, 0.717) is 66.1 Å². The summed E-state index contributed by atoms with van der Waals surface area (Å²) in [4.78, 5) is 0. The standard InChI is InChI=1S/C16H34O8Si/c1-4-22-25(15(2)3)23-11-9-20-14-16(21-10-12-24-25)13-19-8-7-18-6-5-17/h15-17H,4-14H2,1-3H3. The van der Waals surface area contributed by atoms with E-state index in [1.54, 1.807) is 0 Å². The fraction of sp³-hybridized carbons (Fsp3) is 1.00. The van der Waals surface area contributed by atoms with Gasteiger partial charge in [-0.1, -0.05) is 13.8 Å². The highest BCUT2D eigenvalue weighted by molar-refractivity contribution is 6.62. The van der Waals surface area contributed by atoms with Crippen LogP contribution in [0, 0.1) is 0 Å². The second-order valence-electron chi connectivity index (χ2n) is 5.87. The molecule has 2 atom stereocenters. The van der Waals surface area contributed by atoms with Gasteiger partial charge in [0.2, 0.25) is 0 Å². The first-order chi connectivity index (χ1) is 12.1. The van der Waals surface area contributed by atoms with E-state index in [2.05, 4.69) is 13.8 Å². The molecule has 0 aromatic rings. The zero-order valence-corrected chi connectivity index (χ0v) is 16.7. The van der Waals surface area contributed by atoms with Gasteiger partial charge in [-0.3, -0.25) is 0 Å². The molecule has 0 saturated carbocycles. The van der Waals surface area contributed by atoms with Crippen LogP contribution >= 0.6 is 0 Å². The smallest absolute Gasteiger partial charge is 0.394 e.